The van der Waals surface area contributed by atoms with Gasteiger partial charge in [0.15, 0.2) is 17.7 Å². The lowest BCUT2D eigenvalue weighted by molar-refractivity contribution is -0.347. The minimum Gasteiger partial charge on any atom is -0.790 e. The van der Waals surface area contributed by atoms with Gasteiger partial charge in [0, 0.05) is 36.8 Å². The number of aliphatic hydroxyl groups is 2. The number of hydrogen-bond acceptors (Lipinski definition) is 23. The number of phosphoric ester groups is 3. The second-order valence-electron chi connectivity index (χ2n) is 20.6. The molecule has 2 fully saturated rings. The number of aromatic nitrogens is 4. The summed E-state index contributed by atoms with van der Waals surface area (Å²) in [4.78, 5) is 109. The van der Waals surface area contributed by atoms with Crippen LogP contribution >= 0.6 is 23.5 Å². The number of ketones is 1. The van der Waals surface area contributed by atoms with Crippen molar-refractivity contribution in [2.45, 2.75) is 167 Å². The van der Waals surface area contributed by atoms with Crippen molar-refractivity contribution in [3.63, 3.8) is 0 Å². The Morgan fingerprint density at radius 3 is 2.18 bits per heavy atom. The van der Waals surface area contributed by atoms with Crippen LogP contribution < -0.4 is 35.9 Å². The van der Waals surface area contributed by atoms with Crippen LogP contribution in [0, 0.1) is 10.8 Å². The number of nitrogens with two attached hydrogens (primary N) is 1. The van der Waals surface area contributed by atoms with E-state index in [1.54, 1.807) is 0 Å². The van der Waals surface area contributed by atoms with Gasteiger partial charge in [-0.2, -0.15) is 0 Å². The number of hydrogen-bond donors (Lipinski definition) is 5. The Morgan fingerprint density at radius 1 is 0.908 bits per heavy atom. The fourth-order valence-corrected chi connectivity index (χ4v) is 11.4. The average Bonchev–Trinajstić information content (AvgIpc) is 3.86. The summed E-state index contributed by atoms with van der Waals surface area (Å²) >= 11 is 0. The van der Waals surface area contributed by atoms with E-state index < -0.39 is 90.0 Å². The zero-order valence-electron chi connectivity index (χ0n) is 43.1. The second-order valence-corrected chi connectivity index (χ2v) is 24.6. The van der Waals surface area contributed by atoms with E-state index in [1.807, 2.05) is 13.8 Å². The van der Waals surface area contributed by atoms with E-state index in [1.165, 1.54) is 25.0 Å². The summed E-state index contributed by atoms with van der Waals surface area (Å²) in [5.41, 5.74) is 5.99. The first-order valence-electron chi connectivity index (χ1n) is 25.2. The number of unbranched alkanes of at least 4 members (excludes halogenated alkanes) is 6. The van der Waals surface area contributed by atoms with Crippen LogP contribution in [0.15, 0.2) is 36.9 Å². The van der Waals surface area contributed by atoms with E-state index in [2.05, 4.69) is 67.7 Å². The van der Waals surface area contributed by atoms with Gasteiger partial charge in [-0.3, -0.25) is 32.9 Å². The summed E-state index contributed by atoms with van der Waals surface area (Å²) in [7, 11) is -17.7. The maximum Gasteiger partial charge on any atom is 0.293 e. The van der Waals surface area contributed by atoms with E-state index in [0.29, 0.717) is 12.9 Å². The molecule has 1 aliphatic carbocycles. The van der Waals surface area contributed by atoms with Crippen molar-refractivity contribution in [3.8, 4) is 0 Å². The number of phosphoric acid groups is 3. The lowest BCUT2D eigenvalue weighted by Crippen LogP contribution is -2.46. The number of aliphatic hydroxyl groups excluding tert-OH is 2. The van der Waals surface area contributed by atoms with Gasteiger partial charge in [-0.1, -0.05) is 84.1 Å². The first-order valence-corrected chi connectivity index (χ1v) is 29.6. The summed E-state index contributed by atoms with van der Waals surface area (Å²) in [5.74, 6) is -1.59. The van der Waals surface area contributed by atoms with Crippen LogP contribution in [0.2, 0.25) is 0 Å². The topological polar surface area (TPSA) is 401 Å². The Kier molecular flexibility index (Phi) is 22.8. The molecular formula is C47H70N7O19P3-4. The standard InChI is InChI=1S/C47H74N7O19P3/c1-45(2,20-11-7-5-9-14-32-16-13-17-33(26-32)15-10-6-8-12-21-47(22-23-47)68-31-55)35(56)18-24-49-36(57)19-25-50-43(60)40(59)46(3,4)28-70-76(66,67)73-75(64,65)69-27-34-39(72-74(61,62)63)38(58)44(71-34)54-30-53-37-41(48)51-29-52-42(37)54/h13,16-17,26,29-31,34,38-40,44,58-59H,5-12,14-15,18-25,27-28H2,1-4H3,(H,49,57)(H,50,60)(H,64,65)(H,66,67)(H2,48,51,52)(H2,61,62,63)/p-4. The Morgan fingerprint density at radius 2 is 1.54 bits per heavy atom. The van der Waals surface area contributed by atoms with Gasteiger partial charge in [-0.15, -0.1) is 0 Å². The molecule has 5 rings (SSSR count). The van der Waals surface area contributed by atoms with Crippen LogP contribution in [0.4, 0.5) is 5.82 Å². The van der Waals surface area contributed by atoms with Crippen molar-refractivity contribution in [1.29, 1.82) is 0 Å². The molecule has 76 heavy (non-hydrogen) atoms. The first kappa shape index (κ1) is 62.7. The number of nitrogens with zero attached hydrogens (tertiary/aromatic N) is 4. The molecule has 1 saturated heterocycles. The van der Waals surface area contributed by atoms with Gasteiger partial charge in [-0.25, -0.2) is 19.3 Å². The number of anilines is 1. The lowest BCUT2D eigenvalue weighted by atomic mass is 9.81. The molecule has 426 valence electrons. The zero-order chi connectivity index (χ0) is 56.0. The van der Waals surface area contributed by atoms with E-state index in [-0.39, 0.29) is 54.3 Å². The van der Waals surface area contributed by atoms with E-state index in [9.17, 15) is 62.7 Å². The van der Waals surface area contributed by atoms with Crippen LogP contribution in [0.3, 0.4) is 0 Å². The van der Waals surface area contributed by atoms with Gasteiger partial charge in [0.2, 0.25) is 11.8 Å². The maximum absolute atomic E-state index is 13.1. The largest absolute Gasteiger partial charge is 0.790 e. The number of rotatable bonds is 36. The van der Waals surface area contributed by atoms with Crippen LogP contribution in [-0.2, 0) is 73.1 Å². The number of fused-ring (bicyclic) bond motifs is 1. The molecule has 1 saturated carbocycles. The summed E-state index contributed by atoms with van der Waals surface area (Å²) < 4.78 is 66.3. The molecule has 0 spiro atoms. The highest BCUT2D eigenvalue weighted by Gasteiger charge is 2.48. The summed E-state index contributed by atoms with van der Waals surface area (Å²) in [5, 5.41) is 26.6. The average molecular weight is 1130 g/mol. The maximum atomic E-state index is 13.1. The Hall–Kier alpha value is -4.10. The molecule has 0 radical (unpaired) electrons. The number of amides is 2. The van der Waals surface area contributed by atoms with E-state index in [4.69, 9.17) is 15.2 Å². The Bertz CT molecular complexity index is 2580. The van der Waals surface area contributed by atoms with Crippen LogP contribution in [-0.4, -0.2) is 110 Å². The molecule has 1 aliphatic heterocycles. The number of Topliss-reactive ketones (excluding diaryl/α,β-unsaturated/α-hetero) is 1. The summed E-state index contributed by atoms with van der Waals surface area (Å²) in [6.45, 7) is 4.31. The number of nitrogens with one attached hydrogen (secondary N) is 2. The first-order chi connectivity index (χ1) is 35.7. The van der Waals surface area contributed by atoms with Crippen molar-refractivity contribution in [3.05, 3.63) is 48.0 Å². The molecule has 7 unspecified atom stereocenters. The number of aryl methyl sites for hydroxylation is 2. The van der Waals surface area contributed by atoms with Crippen molar-refractivity contribution in [2.24, 2.45) is 10.8 Å². The highest BCUT2D eigenvalue weighted by atomic mass is 31.3. The van der Waals surface area contributed by atoms with E-state index >= 15 is 0 Å². The van der Waals surface area contributed by atoms with Gasteiger partial charge in [-0.05, 0) is 68.9 Å². The van der Waals surface area contributed by atoms with Crippen LogP contribution in [0.25, 0.3) is 11.2 Å². The van der Waals surface area contributed by atoms with Crippen molar-refractivity contribution in [2.75, 3.05) is 32.0 Å². The quantitative estimate of drug-likeness (QED) is 0.0317. The Labute approximate surface area is 441 Å². The minimum atomic E-state index is -5.94. The van der Waals surface area contributed by atoms with Crippen molar-refractivity contribution in [1.82, 2.24) is 30.2 Å². The molecule has 6 N–H and O–H groups in total. The fourth-order valence-electron chi connectivity index (χ4n) is 8.70. The zero-order valence-corrected chi connectivity index (χ0v) is 45.8. The van der Waals surface area contributed by atoms with Crippen molar-refractivity contribution >= 4 is 64.5 Å². The Balaban J connectivity index is 0.932. The number of imidazole rings is 1. The van der Waals surface area contributed by atoms with Crippen molar-refractivity contribution < 1.29 is 90.0 Å². The predicted molar refractivity (Wildman–Crippen MR) is 263 cm³/mol. The smallest absolute Gasteiger partial charge is 0.293 e. The predicted octanol–water partition coefficient (Wildman–Crippen LogP) is 2.25. The number of nitrogen functional groups attached to an aromatic ring is 1. The number of carbonyl (C=O) groups excluding carboxylic acids is 4. The SMILES string of the molecule is CC(C)(CCCCCCc1cccc(CCCCCCC2(OC=O)CC2)c1)C(=O)CCNC(=O)CCNC(=O)C(O)C(C)(C)COP(=O)([O-])OP(=O)([O-])OCC1OC(n2cnc3c(N)ncnc32)C(O)C1OP(=O)([O-])[O-]. The monoisotopic (exact) mass is 1130 g/mol. The van der Waals surface area contributed by atoms with Crippen LogP contribution in [0.1, 0.15) is 135 Å². The highest BCUT2D eigenvalue weighted by molar-refractivity contribution is 7.59. The summed E-state index contributed by atoms with van der Waals surface area (Å²) in [6, 6.07) is 8.76. The normalized spacial score (nSPS) is 20.6. The molecule has 3 heterocycles. The molecule has 7 atom stereocenters. The molecule has 26 nitrogen and oxygen atoms in total. The van der Waals surface area contributed by atoms with Gasteiger partial charge in [0.1, 0.15) is 47.6 Å². The molecule has 2 amide bonds. The molecule has 2 aromatic heterocycles. The molecule has 2 aliphatic rings. The third kappa shape index (κ3) is 19.7. The van der Waals surface area contributed by atoms with Gasteiger partial charge < -0.3 is 73.8 Å². The van der Waals surface area contributed by atoms with E-state index in [0.717, 1.165) is 101 Å². The number of benzene rings is 1. The molecule has 29 heteroatoms. The molecule has 3 aromatic rings. The van der Waals surface area contributed by atoms with Gasteiger partial charge in [0.25, 0.3) is 22.1 Å². The second kappa shape index (κ2) is 27.7. The van der Waals surface area contributed by atoms with Crippen LogP contribution in [0.5, 0.6) is 0 Å². The molecule has 0 bridgehead atoms. The third-order valence-electron chi connectivity index (χ3n) is 13.4. The minimum absolute atomic E-state index is 0.0000329. The summed E-state index contributed by atoms with van der Waals surface area (Å²) in [6.07, 6.45) is 6.56. The fraction of sp³-hybridized carbons (Fsp3) is 0.681. The number of carbonyl (C=O) groups is 4. The lowest BCUT2D eigenvalue weighted by Gasteiger charge is -2.36. The van der Waals surface area contributed by atoms with Gasteiger partial charge in [0.05, 0.1) is 27.4 Å². The van der Waals surface area contributed by atoms with Gasteiger partial charge >= 0.3 is 0 Å². The molecule has 1 aromatic carbocycles. The number of ether oxygens (including phenoxy) is 2. The molecular weight excluding hydrogens is 1060 g/mol. The third-order valence-corrected chi connectivity index (χ3v) is 16.5. The highest BCUT2D eigenvalue weighted by Crippen LogP contribution is 2.56.